The molecule has 6 heteroatoms. The molecule has 0 aliphatic heterocycles. The molecule has 0 atom stereocenters. The predicted molar refractivity (Wildman–Crippen MR) is 69.3 cm³/mol. The summed E-state index contributed by atoms with van der Waals surface area (Å²) in [5.41, 5.74) is 1.16. The lowest BCUT2D eigenvalue weighted by Crippen LogP contribution is -2.15. The van der Waals surface area contributed by atoms with E-state index in [-0.39, 0.29) is 17.9 Å². The monoisotopic (exact) mass is 277 g/mol. The third kappa shape index (κ3) is 2.84. The number of carbonyl (C=O) groups excluding carboxylic acids is 1. The molecule has 20 heavy (non-hydrogen) atoms. The summed E-state index contributed by atoms with van der Waals surface area (Å²) in [6.45, 7) is 0. The Balaban J connectivity index is 1.63. The Morgan fingerprint density at radius 2 is 2.15 bits per heavy atom. The van der Waals surface area contributed by atoms with Crippen molar-refractivity contribution in [2.45, 2.75) is 25.2 Å². The van der Waals surface area contributed by atoms with Crippen LogP contribution in [0, 0.1) is 11.6 Å². The summed E-state index contributed by atoms with van der Waals surface area (Å²) in [5, 5.41) is 9.45. The summed E-state index contributed by atoms with van der Waals surface area (Å²) in [5.74, 6) is -0.819. The van der Waals surface area contributed by atoms with Crippen LogP contribution in [0.2, 0.25) is 0 Å². The van der Waals surface area contributed by atoms with Crippen molar-refractivity contribution in [2.75, 3.05) is 5.32 Å². The predicted octanol–water partition coefficient (Wildman–Crippen LogP) is 2.75. The SMILES string of the molecule is O=C(Cc1ccc(F)cc1F)Nc1cc(C2CC2)[nH]n1. The molecule has 104 valence electrons. The molecule has 1 fully saturated rings. The van der Waals surface area contributed by atoms with Gasteiger partial charge in [0.25, 0.3) is 0 Å². The van der Waals surface area contributed by atoms with Gasteiger partial charge in [-0.25, -0.2) is 8.78 Å². The molecule has 1 heterocycles. The molecule has 1 aliphatic rings. The first-order chi connectivity index (χ1) is 9.61. The average Bonchev–Trinajstić information content (AvgIpc) is 3.14. The average molecular weight is 277 g/mol. The number of nitrogens with one attached hydrogen (secondary N) is 2. The third-order valence-corrected chi connectivity index (χ3v) is 3.25. The Morgan fingerprint density at radius 3 is 2.85 bits per heavy atom. The van der Waals surface area contributed by atoms with E-state index in [1.807, 2.05) is 0 Å². The molecule has 4 nitrogen and oxygen atoms in total. The first-order valence-electron chi connectivity index (χ1n) is 6.41. The van der Waals surface area contributed by atoms with Gasteiger partial charge in [-0.1, -0.05) is 6.07 Å². The van der Waals surface area contributed by atoms with Crippen LogP contribution in [-0.2, 0) is 11.2 Å². The minimum Gasteiger partial charge on any atom is -0.309 e. The molecule has 1 amide bonds. The van der Waals surface area contributed by atoms with Crippen LogP contribution in [0.3, 0.4) is 0 Å². The normalized spacial score (nSPS) is 14.3. The maximum Gasteiger partial charge on any atom is 0.230 e. The molecule has 2 N–H and O–H groups in total. The highest BCUT2D eigenvalue weighted by Crippen LogP contribution is 2.39. The van der Waals surface area contributed by atoms with Crippen molar-refractivity contribution in [3.05, 3.63) is 47.2 Å². The van der Waals surface area contributed by atoms with Crippen molar-refractivity contribution in [1.82, 2.24) is 10.2 Å². The lowest BCUT2D eigenvalue weighted by Gasteiger charge is -2.03. The number of carbonyl (C=O) groups is 1. The third-order valence-electron chi connectivity index (χ3n) is 3.25. The summed E-state index contributed by atoms with van der Waals surface area (Å²) in [6.07, 6.45) is 2.12. The summed E-state index contributed by atoms with van der Waals surface area (Å²) in [7, 11) is 0. The van der Waals surface area contributed by atoms with Crippen molar-refractivity contribution in [3.63, 3.8) is 0 Å². The second kappa shape index (κ2) is 5.03. The van der Waals surface area contributed by atoms with Crippen molar-refractivity contribution in [2.24, 2.45) is 0 Å². The second-order valence-electron chi connectivity index (χ2n) is 4.94. The smallest absolute Gasteiger partial charge is 0.230 e. The number of aromatic nitrogens is 2. The Labute approximate surface area is 114 Å². The van der Waals surface area contributed by atoms with Crippen molar-refractivity contribution >= 4 is 11.7 Å². The molecule has 2 aromatic rings. The summed E-state index contributed by atoms with van der Waals surface area (Å²) in [4.78, 5) is 11.8. The van der Waals surface area contributed by atoms with Crippen LogP contribution in [0.15, 0.2) is 24.3 Å². The second-order valence-corrected chi connectivity index (χ2v) is 4.94. The lowest BCUT2D eigenvalue weighted by molar-refractivity contribution is -0.115. The number of nitrogens with zero attached hydrogens (tertiary/aromatic N) is 1. The Hall–Kier alpha value is -2.24. The van der Waals surface area contributed by atoms with Crippen LogP contribution in [0.4, 0.5) is 14.6 Å². The van der Waals surface area contributed by atoms with Gasteiger partial charge in [0.2, 0.25) is 5.91 Å². The van der Waals surface area contributed by atoms with E-state index in [4.69, 9.17) is 0 Å². The number of hydrogen-bond acceptors (Lipinski definition) is 2. The highest BCUT2D eigenvalue weighted by Gasteiger charge is 2.25. The molecule has 0 radical (unpaired) electrons. The number of H-pyrrole nitrogens is 1. The molecule has 0 saturated heterocycles. The summed E-state index contributed by atoms with van der Waals surface area (Å²) >= 11 is 0. The maximum atomic E-state index is 13.4. The van der Waals surface area contributed by atoms with E-state index in [1.54, 1.807) is 6.07 Å². The van der Waals surface area contributed by atoms with Gasteiger partial charge < -0.3 is 5.32 Å². The van der Waals surface area contributed by atoms with E-state index in [0.717, 1.165) is 30.7 Å². The lowest BCUT2D eigenvalue weighted by atomic mass is 10.1. The summed E-state index contributed by atoms with van der Waals surface area (Å²) < 4.78 is 26.2. The van der Waals surface area contributed by atoms with Crippen molar-refractivity contribution in [3.8, 4) is 0 Å². The minimum absolute atomic E-state index is 0.154. The first-order valence-corrected chi connectivity index (χ1v) is 6.41. The maximum absolute atomic E-state index is 13.4. The first kappa shape index (κ1) is 12.8. The number of rotatable bonds is 4. The van der Waals surface area contributed by atoms with E-state index < -0.39 is 11.6 Å². The molecule has 0 spiro atoms. The van der Waals surface area contributed by atoms with Gasteiger partial charge in [0, 0.05) is 23.7 Å². The van der Waals surface area contributed by atoms with Gasteiger partial charge in [-0.15, -0.1) is 0 Å². The molecule has 1 aromatic heterocycles. The molecule has 0 bridgehead atoms. The fraction of sp³-hybridized carbons (Fsp3) is 0.286. The van der Waals surface area contributed by atoms with Crippen molar-refractivity contribution in [1.29, 1.82) is 0 Å². The van der Waals surface area contributed by atoms with Gasteiger partial charge in [0.1, 0.15) is 11.6 Å². The zero-order chi connectivity index (χ0) is 14.1. The minimum atomic E-state index is -0.721. The number of amides is 1. The fourth-order valence-corrected chi connectivity index (χ4v) is 2.03. The van der Waals surface area contributed by atoms with Gasteiger partial charge >= 0.3 is 0 Å². The van der Waals surface area contributed by atoms with Gasteiger partial charge in [0.05, 0.1) is 6.42 Å². The number of halogens is 2. The van der Waals surface area contributed by atoms with E-state index in [0.29, 0.717) is 11.7 Å². The van der Waals surface area contributed by atoms with Crippen LogP contribution in [-0.4, -0.2) is 16.1 Å². The van der Waals surface area contributed by atoms with Crippen LogP contribution in [0.25, 0.3) is 0 Å². The highest BCUT2D eigenvalue weighted by atomic mass is 19.1. The molecular weight excluding hydrogens is 264 g/mol. The van der Waals surface area contributed by atoms with Crippen LogP contribution in [0.5, 0.6) is 0 Å². The van der Waals surface area contributed by atoms with Gasteiger partial charge in [-0.2, -0.15) is 5.10 Å². The number of hydrogen-bond donors (Lipinski definition) is 2. The van der Waals surface area contributed by atoms with E-state index in [2.05, 4.69) is 15.5 Å². The number of anilines is 1. The van der Waals surface area contributed by atoms with E-state index >= 15 is 0 Å². The van der Waals surface area contributed by atoms with Gasteiger partial charge in [0.15, 0.2) is 5.82 Å². The number of benzene rings is 1. The molecule has 1 aromatic carbocycles. The quantitative estimate of drug-likeness (QED) is 0.902. The van der Waals surface area contributed by atoms with Crippen LogP contribution < -0.4 is 5.32 Å². The largest absolute Gasteiger partial charge is 0.309 e. The van der Waals surface area contributed by atoms with Crippen LogP contribution in [0.1, 0.15) is 30.0 Å². The molecule has 0 unspecified atom stereocenters. The molecule has 1 saturated carbocycles. The summed E-state index contributed by atoms with van der Waals surface area (Å²) in [6, 6.07) is 4.95. The Morgan fingerprint density at radius 1 is 1.35 bits per heavy atom. The molecule has 1 aliphatic carbocycles. The number of aromatic amines is 1. The van der Waals surface area contributed by atoms with E-state index in [9.17, 15) is 13.6 Å². The van der Waals surface area contributed by atoms with Crippen LogP contribution >= 0.6 is 0 Å². The molecule has 3 rings (SSSR count). The zero-order valence-corrected chi connectivity index (χ0v) is 10.6. The van der Waals surface area contributed by atoms with Gasteiger partial charge in [-0.3, -0.25) is 9.89 Å². The van der Waals surface area contributed by atoms with Gasteiger partial charge in [-0.05, 0) is 24.5 Å². The fourth-order valence-electron chi connectivity index (χ4n) is 2.03. The zero-order valence-electron chi connectivity index (χ0n) is 10.6. The van der Waals surface area contributed by atoms with E-state index in [1.165, 1.54) is 6.07 Å². The Kier molecular flexibility index (Phi) is 3.22. The Bertz CT molecular complexity index is 650. The highest BCUT2D eigenvalue weighted by molar-refractivity contribution is 5.91. The standard InChI is InChI=1S/C14H13F2N3O/c15-10-4-3-9(11(16)6-10)5-14(20)17-13-7-12(18-19-13)8-1-2-8/h3-4,6-8H,1-2,5H2,(H2,17,18,19,20). The topological polar surface area (TPSA) is 57.8 Å². The van der Waals surface area contributed by atoms with Crippen molar-refractivity contribution < 1.29 is 13.6 Å². The molecular formula is C14H13F2N3O.